The summed E-state index contributed by atoms with van der Waals surface area (Å²) in [6, 6.07) is 14.6. The Morgan fingerprint density at radius 3 is 2.35 bits per heavy atom. The molecule has 2 aromatic carbocycles. The third kappa shape index (κ3) is 6.38. The minimum Gasteiger partial charge on any atom is -0.476 e. The van der Waals surface area contributed by atoms with Gasteiger partial charge in [-0.15, -0.1) is 5.10 Å². The van der Waals surface area contributed by atoms with Crippen molar-refractivity contribution in [3.8, 4) is 5.69 Å². The van der Waals surface area contributed by atoms with Crippen molar-refractivity contribution in [2.75, 3.05) is 22.5 Å². The monoisotopic (exact) mass is 520 g/mol. The van der Waals surface area contributed by atoms with E-state index in [1.54, 1.807) is 61.5 Å². The molecule has 0 saturated heterocycles. The van der Waals surface area contributed by atoms with Crippen LogP contribution in [0, 0.1) is 0 Å². The van der Waals surface area contributed by atoms with Crippen LogP contribution in [0.3, 0.4) is 0 Å². The standard InChI is InChI=1S/C24H21ClN8O4/c1-2-26-24(37)30-21-11-19(28-15-5-3-14(25)4-6-15)18(12-27-21)22(34)29-16-7-9-17(10-8-16)33-13-20(23(35)36)31-32-33/h3-13H,2H2,1H3,(H,29,34)(H,35,36)(H3,26,27,28,30,37). The first-order valence-corrected chi connectivity index (χ1v) is 11.3. The van der Waals surface area contributed by atoms with E-state index < -0.39 is 17.9 Å². The molecule has 12 nitrogen and oxygen atoms in total. The lowest BCUT2D eigenvalue weighted by Crippen LogP contribution is -2.28. The van der Waals surface area contributed by atoms with Crippen LogP contribution in [-0.2, 0) is 0 Å². The highest BCUT2D eigenvalue weighted by atomic mass is 35.5. The Kier molecular flexibility index (Phi) is 7.59. The van der Waals surface area contributed by atoms with Gasteiger partial charge in [0.15, 0.2) is 5.69 Å². The number of pyridine rings is 1. The van der Waals surface area contributed by atoms with Gasteiger partial charge in [0.2, 0.25) is 0 Å². The van der Waals surface area contributed by atoms with Gasteiger partial charge >= 0.3 is 12.0 Å². The maximum Gasteiger partial charge on any atom is 0.358 e. The number of amides is 3. The summed E-state index contributed by atoms with van der Waals surface area (Å²) < 4.78 is 1.31. The van der Waals surface area contributed by atoms with Crippen LogP contribution in [0.1, 0.15) is 27.8 Å². The lowest BCUT2D eigenvalue weighted by molar-refractivity contribution is 0.0690. The van der Waals surface area contributed by atoms with Gasteiger partial charge in [-0.1, -0.05) is 16.8 Å². The molecule has 2 heterocycles. The SMILES string of the molecule is CCNC(=O)Nc1cc(Nc2ccc(Cl)cc2)c(C(=O)Nc2ccc(-n3cc(C(=O)O)nn3)cc2)cn1. The van der Waals surface area contributed by atoms with Gasteiger partial charge in [-0.3, -0.25) is 10.1 Å². The number of urea groups is 1. The topological polar surface area (TPSA) is 163 Å². The van der Waals surface area contributed by atoms with Crippen LogP contribution in [0.2, 0.25) is 5.02 Å². The number of carbonyl (C=O) groups is 3. The van der Waals surface area contributed by atoms with Crippen LogP contribution in [0.5, 0.6) is 0 Å². The van der Waals surface area contributed by atoms with E-state index in [1.807, 2.05) is 0 Å². The first-order chi connectivity index (χ1) is 17.8. The minimum atomic E-state index is -1.18. The molecular formula is C24H21ClN8O4. The number of anilines is 4. The van der Waals surface area contributed by atoms with E-state index in [-0.39, 0.29) is 17.1 Å². The summed E-state index contributed by atoms with van der Waals surface area (Å²) in [4.78, 5) is 40.3. The number of carboxylic acids is 1. The van der Waals surface area contributed by atoms with E-state index in [0.717, 1.165) is 0 Å². The van der Waals surface area contributed by atoms with E-state index in [9.17, 15) is 14.4 Å². The van der Waals surface area contributed by atoms with E-state index >= 15 is 0 Å². The molecule has 3 amide bonds. The van der Waals surface area contributed by atoms with Crippen LogP contribution >= 0.6 is 11.6 Å². The number of nitrogens with one attached hydrogen (secondary N) is 4. The lowest BCUT2D eigenvalue weighted by atomic mass is 10.2. The van der Waals surface area contributed by atoms with Crippen molar-refractivity contribution in [1.82, 2.24) is 25.3 Å². The second-order valence-electron chi connectivity index (χ2n) is 7.59. The molecular weight excluding hydrogens is 500 g/mol. The first kappa shape index (κ1) is 25.1. The number of halogens is 1. The van der Waals surface area contributed by atoms with Gasteiger partial charge in [0.05, 0.1) is 23.1 Å². The summed E-state index contributed by atoms with van der Waals surface area (Å²) in [5.41, 5.74) is 2.16. The van der Waals surface area contributed by atoms with E-state index in [4.69, 9.17) is 16.7 Å². The fourth-order valence-electron chi connectivity index (χ4n) is 3.20. The number of aromatic nitrogens is 4. The molecule has 0 fully saturated rings. The number of hydrogen-bond acceptors (Lipinski definition) is 7. The molecule has 4 aromatic rings. The highest BCUT2D eigenvalue weighted by Gasteiger charge is 2.16. The summed E-state index contributed by atoms with van der Waals surface area (Å²) in [6.07, 6.45) is 2.64. The molecule has 4 rings (SSSR count). The number of hydrogen-bond donors (Lipinski definition) is 5. The van der Waals surface area contributed by atoms with Crippen molar-refractivity contribution in [2.45, 2.75) is 6.92 Å². The van der Waals surface area contributed by atoms with Crippen LogP contribution in [-0.4, -0.2) is 49.5 Å². The number of benzene rings is 2. The predicted octanol–water partition coefficient (Wildman–Crippen LogP) is 4.15. The summed E-state index contributed by atoms with van der Waals surface area (Å²) >= 11 is 5.97. The third-order valence-electron chi connectivity index (χ3n) is 4.95. The summed E-state index contributed by atoms with van der Waals surface area (Å²) in [5, 5.41) is 28.1. The van der Waals surface area contributed by atoms with Crippen molar-refractivity contribution >= 4 is 52.4 Å². The Morgan fingerprint density at radius 2 is 1.70 bits per heavy atom. The molecule has 0 bridgehead atoms. The quantitative estimate of drug-likeness (QED) is 0.231. The summed E-state index contributed by atoms with van der Waals surface area (Å²) in [7, 11) is 0. The fraction of sp³-hybridized carbons (Fsp3) is 0.0833. The molecule has 188 valence electrons. The Morgan fingerprint density at radius 1 is 1.00 bits per heavy atom. The van der Waals surface area contributed by atoms with Gasteiger partial charge in [0.25, 0.3) is 5.91 Å². The summed E-state index contributed by atoms with van der Waals surface area (Å²) in [6.45, 7) is 2.23. The van der Waals surface area contributed by atoms with Crippen LogP contribution in [0.15, 0.2) is 67.0 Å². The van der Waals surface area contributed by atoms with Gasteiger partial charge in [-0.25, -0.2) is 19.3 Å². The van der Waals surface area contributed by atoms with Crippen molar-refractivity contribution in [3.05, 3.63) is 83.3 Å². The number of aromatic carboxylic acids is 1. The zero-order valence-electron chi connectivity index (χ0n) is 19.4. The molecule has 0 atom stereocenters. The highest BCUT2D eigenvalue weighted by Crippen LogP contribution is 2.25. The number of carboxylic acid groups (broad SMARTS) is 1. The molecule has 0 saturated carbocycles. The molecule has 2 aromatic heterocycles. The second kappa shape index (κ2) is 11.2. The van der Waals surface area contributed by atoms with E-state index in [2.05, 4.69) is 36.6 Å². The zero-order chi connectivity index (χ0) is 26.4. The molecule has 0 aliphatic rings. The fourth-order valence-corrected chi connectivity index (χ4v) is 3.33. The van der Waals surface area contributed by atoms with Crippen LogP contribution in [0.4, 0.5) is 27.7 Å². The van der Waals surface area contributed by atoms with Crippen LogP contribution < -0.4 is 21.3 Å². The van der Waals surface area contributed by atoms with Gasteiger partial charge < -0.3 is 21.1 Å². The molecule has 0 aliphatic carbocycles. The minimum absolute atomic E-state index is 0.185. The molecule has 5 N–H and O–H groups in total. The zero-order valence-corrected chi connectivity index (χ0v) is 20.2. The van der Waals surface area contributed by atoms with Crippen molar-refractivity contribution in [3.63, 3.8) is 0 Å². The van der Waals surface area contributed by atoms with E-state index in [0.29, 0.717) is 34.3 Å². The number of nitrogens with zero attached hydrogens (tertiary/aromatic N) is 4. The molecule has 13 heteroatoms. The average molecular weight is 521 g/mol. The van der Waals surface area contributed by atoms with Crippen LogP contribution in [0.25, 0.3) is 5.69 Å². The van der Waals surface area contributed by atoms with Crippen molar-refractivity contribution in [1.29, 1.82) is 0 Å². The average Bonchev–Trinajstić information content (AvgIpc) is 3.37. The van der Waals surface area contributed by atoms with Gasteiger partial charge in [0, 0.05) is 35.2 Å². The molecule has 0 radical (unpaired) electrons. The van der Waals surface area contributed by atoms with Gasteiger partial charge in [-0.05, 0) is 55.5 Å². The highest BCUT2D eigenvalue weighted by molar-refractivity contribution is 6.30. The smallest absolute Gasteiger partial charge is 0.358 e. The molecule has 0 spiro atoms. The Labute approximate surface area is 215 Å². The van der Waals surface area contributed by atoms with E-state index in [1.165, 1.54) is 17.1 Å². The Bertz CT molecular complexity index is 1440. The molecule has 0 aliphatic heterocycles. The predicted molar refractivity (Wildman–Crippen MR) is 138 cm³/mol. The van der Waals surface area contributed by atoms with Gasteiger partial charge in [-0.2, -0.15) is 0 Å². The first-order valence-electron chi connectivity index (χ1n) is 11.0. The maximum atomic E-state index is 13.1. The Balaban J connectivity index is 1.55. The molecule has 37 heavy (non-hydrogen) atoms. The summed E-state index contributed by atoms with van der Waals surface area (Å²) in [5.74, 6) is -1.38. The van der Waals surface area contributed by atoms with Crippen molar-refractivity contribution < 1.29 is 19.5 Å². The normalized spacial score (nSPS) is 10.4. The van der Waals surface area contributed by atoms with Crippen molar-refractivity contribution in [2.24, 2.45) is 0 Å². The maximum absolute atomic E-state index is 13.1. The van der Waals surface area contributed by atoms with Gasteiger partial charge in [0.1, 0.15) is 5.82 Å². The lowest BCUT2D eigenvalue weighted by Gasteiger charge is -2.14. The molecule has 0 unspecified atom stereocenters. The second-order valence-corrected chi connectivity index (χ2v) is 8.02. The number of rotatable bonds is 8. The number of carbonyl (C=O) groups excluding carboxylic acids is 2. The Hall–Kier alpha value is -4.97. The third-order valence-corrected chi connectivity index (χ3v) is 5.20. The largest absolute Gasteiger partial charge is 0.476 e.